The second-order valence-corrected chi connectivity index (χ2v) is 18.7. The van der Waals surface area contributed by atoms with Crippen LogP contribution in [0, 0.1) is 0 Å². The first-order valence-electron chi connectivity index (χ1n) is 23.5. The molecule has 0 rings (SSSR count). The molecule has 9 heteroatoms. The highest BCUT2D eigenvalue weighted by molar-refractivity contribution is 7.47. The van der Waals surface area contributed by atoms with E-state index in [9.17, 15) is 14.3 Å². The summed E-state index contributed by atoms with van der Waals surface area (Å²) < 4.78 is 34.8. The molecule has 0 aromatic heterocycles. The van der Waals surface area contributed by atoms with Crippen molar-refractivity contribution in [3.05, 3.63) is 12.3 Å². The highest BCUT2D eigenvalue weighted by Crippen LogP contribution is 2.43. The number of nitrogens with zero attached hydrogens (tertiary/aromatic N) is 1. The molecule has 0 radical (unpaired) electrons. The van der Waals surface area contributed by atoms with Gasteiger partial charge in [-0.25, -0.2) is 4.57 Å². The maximum absolute atomic E-state index is 12.7. The monoisotopic (exact) mass is 803 g/mol. The minimum absolute atomic E-state index is 0.0545. The number of phosphoric acid groups is 1. The Kier molecular flexibility index (Phi) is 39.2. The normalized spacial score (nSPS) is 13.7. The van der Waals surface area contributed by atoms with Crippen molar-refractivity contribution in [1.82, 2.24) is 0 Å². The number of ether oxygens (including phenoxy) is 2. The lowest BCUT2D eigenvalue weighted by Crippen LogP contribution is -2.37. The Bertz CT molecular complexity index is 894. The molecule has 0 heterocycles. The van der Waals surface area contributed by atoms with Crippen molar-refractivity contribution < 1.29 is 37.3 Å². The minimum atomic E-state index is -4.28. The quantitative estimate of drug-likeness (QED) is 0.0216. The zero-order chi connectivity index (χ0) is 40.6. The average molecular weight is 803 g/mol. The Balaban J connectivity index is 4.20. The standard InChI is InChI=1S/C46H92NO7P/c1-6-8-10-12-14-16-18-20-22-23-24-26-28-30-32-34-36-38-41-51-43-45(44-53-55(49,50)52-42-40-47(3,4)5)54-46(48)39-37-35-33-31-29-27-25-21-19-17-15-13-11-9-7-2/h38,41,45H,6-37,39-40,42-44H2,1-5H3/p+1/b41-38-/t45-/m1/s1. The molecule has 0 aromatic rings. The average Bonchev–Trinajstić information content (AvgIpc) is 3.13. The van der Waals surface area contributed by atoms with Gasteiger partial charge in [0.15, 0.2) is 6.10 Å². The van der Waals surface area contributed by atoms with Crippen molar-refractivity contribution in [1.29, 1.82) is 0 Å². The van der Waals surface area contributed by atoms with E-state index in [2.05, 4.69) is 13.8 Å². The lowest BCUT2D eigenvalue weighted by Gasteiger charge is -2.24. The summed E-state index contributed by atoms with van der Waals surface area (Å²) in [6, 6.07) is 0. The van der Waals surface area contributed by atoms with Crippen molar-refractivity contribution in [2.45, 2.75) is 232 Å². The van der Waals surface area contributed by atoms with Gasteiger partial charge in [0.25, 0.3) is 0 Å². The largest absolute Gasteiger partial charge is 0.498 e. The van der Waals surface area contributed by atoms with Crippen LogP contribution in [-0.2, 0) is 27.9 Å². The number of allylic oxidation sites excluding steroid dienone is 1. The summed E-state index contributed by atoms with van der Waals surface area (Å²) in [5.74, 6) is -0.331. The van der Waals surface area contributed by atoms with Crippen LogP contribution in [0.5, 0.6) is 0 Å². The van der Waals surface area contributed by atoms with Gasteiger partial charge in [-0.1, -0.05) is 200 Å². The molecule has 1 unspecified atom stereocenters. The highest BCUT2D eigenvalue weighted by atomic mass is 31.2. The van der Waals surface area contributed by atoms with E-state index in [1.54, 1.807) is 6.26 Å². The van der Waals surface area contributed by atoms with E-state index in [1.807, 2.05) is 27.2 Å². The number of quaternary nitrogens is 1. The van der Waals surface area contributed by atoms with E-state index in [-0.39, 0.29) is 25.8 Å². The van der Waals surface area contributed by atoms with Gasteiger partial charge in [-0.2, -0.15) is 0 Å². The van der Waals surface area contributed by atoms with E-state index in [0.717, 1.165) is 32.1 Å². The Morgan fingerprint density at radius 2 is 0.945 bits per heavy atom. The lowest BCUT2D eigenvalue weighted by molar-refractivity contribution is -0.870. The summed E-state index contributed by atoms with van der Waals surface area (Å²) in [5, 5.41) is 0. The van der Waals surface area contributed by atoms with Crippen LogP contribution < -0.4 is 0 Å². The van der Waals surface area contributed by atoms with Crippen molar-refractivity contribution in [3.8, 4) is 0 Å². The van der Waals surface area contributed by atoms with Gasteiger partial charge in [0, 0.05) is 6.42 Å². The van der Waals surface area contributed by atoms with Crippen molar-refractivity contribution in [2.24, 2.45) is 0 Å². The van der Waals surface area contributed by atoms with E-state index in [4.69, 9.17) is 18.5 Å². The molecule has 1 N–H and O–H groups in total. The maximum atomic E-state index is 12.7. The third-order valence-corrected chi connectivity index (χ3v) is 11.4. The molecule has 0 amide bonds. The molecule has 55 heavy (non-hydrogen) atoms. The Hall–Kier alpha value is -0.920. The number of carbonyl (C=O) groups excluding carboxylic acids is 1. The Labute approximate surface area is 341 Å². The molecule has 0 aliphatic rings. The van der Waals surface area contributed by atoms with Gasteiger partial charge < -0.3 is 18.9 Å². The molecule has 2 atom stereocenters. The van der Waals surface area contributed by atoms with Gasteiger partial charge in [-0.3, -0.25) is 13.8 Å². The zero-order valence-electron chi connectivity index (χ0n) is 37.2. The molecule has 0 fully saturated rings. The molecule has 0 spiro atoms. The number of esters is 1. The molecule has 8 nitrogen and oxygen atoms in total. The molecular formula is C46H93NO7P+. The summed E-state index contributed by atoms with van der Waals surface area (Å²) >= 11 is 0. The molecule has 0 bridgehead atoms. The third-order valence-electron chi connectivity index (χ3n) is 10.4. The highest BCUT2D eigenvalue weighted by Gasteiger charge is 2.26. The van der Waals surface area contributed by atoms with Crippen LogP contribution in [-0.4, -0.2) is 69.0 Å². The van der Waals surface area contributed by atoms with E-state index in [0.29, 0.717) is 17.4 Å². The fourth-order valence-corrected chi connectivity index (χ4v) is 7.50. The smallest absolute Gasteiger partial charge is 0.472 e. The molecule has 0 saturated heterocycles. The number of hydrogen-bond acceptors (Lipinski definition) is 6. The van der Waals surface area contributed by atoms with E-state index in [1.165, 1.54) is 173 Å². The van der Waals surface area contributed by atoms with Gasteiger partial charge >= 0.3 is 13.8 Å². The van der Waals surface area contributed by atoms with Crippen molar-refractivity contribution >= 4 is 13.8 Å². The second kappa shape index (κ2) is 39.9. The molecule has 0 aliphatic heterocycles. The van der Waals surface area contributed by atoms with Crippen LogP contribution in [0.15, 0.2) is 12.3 Å². The van der Waals surface area contributed by atoms with Crippen LogP contribution in [0.3, 0.4) is 0 Å². The Morgan fingerprint density at radius 3 is 1.35 bits per heavy atom. The predicted molar refractivity (Wildman–Crippen MR) is 233 cm³/mol. The third kappa shape index (κ3) is 44.0. The molecule has 0 aromatic carbocycles. The first-order valence-corrected chi connectivity index (χ1v) is 25.0. The van der Waals surface area contributed by atoms with Crippen LogP contribution >= 0.6 is 7.82 Å². The van der Waals surface area contributed by atoms with Gasteiger partial charge in [0.1, 0.15) is 19.8 Å². The van der Waals surface area contributed by atoms with Crippen molar-refractivity contribution in [2.75, 3.05) is 47.5 Å². The fourth-order valence-electron chi connectivity index (χ4n) is 6.76. The Morgan fingerprint density at radius 1 is 0.564 bits per heavy atom. The summed E-state index contributed by atoms with van der Waals surface area (Å²) in [6.07, 6.45) is 44.8. The van der Waals surface area contributed by atoms with E-state index < -0.39 is 13.9 Å². The van der Waals surface area contributed by atoms with Crippen LogP contribution in [0.4, 0.5) is 0 Å². The van der Waals surface area contributed by atoms with Gasteiger partial charge in [-0.15, -0.1) is 0 Å². The van der Waals surface area contributed by atoms with Gasteiger partial charge in [0.2, 0.25) is 0 Å². The second-order valence-electron chi connectivity index (χ2n) is 17.2. The SMILES string of the molecule is CCCCCCCCCCCCCCCCCC/C=C\OC[C@H](COP(=O)(O)OCC[N+](C)(C)C)OC(=O)CCCCCCCCCCCCCCCCC. The number of likely N-dealkylation sites (N-methyl/N-ethyl adjacent to an activating group) is 1. The molecule has 328 valence electrons. The van der Waals surface area contributed by atoms with E-state index >= 15 is 0 Å². The first-order chi connectivity index (χ1) is 26.6. The number of rotatable bonds is 44. The number of phosphoric ester groups is 1. The summed E-state index contributed by atoms with van der Waals surface area (Å²) in [7, 11) is 1.65. The van der Waals surface area contributed by atoms with Crippen LogP contribution in [0.25, 0.3) is 0 Å². The summed E-state index contributed by atoms with van der Waals surface area (Å²) in [6.45, 7) is 4.97. The topological polar surface area (TPSA) is 91.3 Å². The summed E-state index contributed by atoms with van der Waals surface area (Å²) in [4.78, 5) is 22.9. The predicted octanol–water partition coefficient (Wildman–Crippen LogP) is 14.2. The molecule has 0 saturated carbocycles. The minimum Gasteiger partial charge on any atom is -0.498 e. The fraction of sp³-hybridized carbons (Fsp3) is 0.935. The van der Waals surface area contributed by atoms with Crippen LogP contribution in [0.2, 0.25) is 0 Å². The maximum Gasteiger partial charge on any atom is 0.472 e. The zero-order valence-corrected chi connectivity index (χ0v) is 38.1. The molecular weight excluding hydrogens is 709 g/mol. The van der Waals surface area contributed by atoms with Gasteiger partial charge in [0.05, 0.1) is 34.0 Å². The lowest BCUT2D eigenvalue weighted by atomic mass is 10.0. The van der Waals surface area contributed by atoms with Crippen LogP contribution in [0.1, 0.15) is 226 Å². The molecule has 0 aliphatic carbocycles. The number of unbranched alkanes of at least 4 members (excludes halogenated alkanes) is 30. The number of carbonyl (C=O) groups is 1. The number of hydrogen-bond donors (Lipinski definition) is 1. The first kappa shape index (κ1) is 54.1. The van der Waals surface area contributed by atoms with Crippen molar-refractivity contribution in [3.63, 3.8) is 0 Å². The summed E-state index contributed by atoms with van der Waals surface area (Å²) in [5.41, 5.74) is 0. The van der Waals surface area contributed by atoms with Gasteiger partial charge in [-0.05, 0) is 25.3 Å².